The SMILES string of the molecule is CNc1nn(-c2ccc(C(=O)O)cc2O)c(NC)c1NC. The molecule has 1 aromatic carbocycles. The Balaban J connectivity index is 2.61. The van der Waals surface area contributed by atoms with E-state index in [1.807, 2.05) is 0 Å². The van der Waals surface area contributed by atoms with E-state index in [-0.39, 0.29) is 11.3 Å². The van der Waals surface area contributed by atoms with E-state index in [1.54, 1.807) is 21.1 Å². The van der Waals surface area contributed by atoms with Crippen molar-refractivity contribution in [1.82, 2.24) is 9.78 Å². The van der Waals surface area contributed by atoms with Crippen molar-refractivity contribution in [2.24, 2.45) is 0 Å². The number of rotatable bonds is 5. The highest BCUT2D eigenvalue weighted by atomic mass is 16.4. The molecule has 0 aliphatic heterocycles. The van der Waals surface area contributed by atoms with Gasteiger partial charge in [-0.3, -0.25) is 0 Å². The number of carbonyl (C=O) groups is 1. The molecule has 0 fully saturated rings. The molecule has 0 radical (unpaired) electrons. The van der Waals surface area contributed by atoms with Gasteiger partial charge in [-0.25, -0.2) is 9.48 Å². The van der Waals surface area contributed by atoms with E-state index >= 15 is 0 Å². The average Bonchev–Trinajstić information content (AvgIpc) is 2.84. The van der Waals surface area contributed by atoms with Gasteiger partial charge in [0.2, 0.25) is 0 Å². The second kappa shape index (κ2) is 5.61. The minimum atomic E-state index is -1.10. The number of carboxylic acids is 1. The van der Waals surface area contributed by atoms with Crippen molar-refractivity contribution in [2.45, 2.75) is 0 Å². The van der Waals surface area contributed by atoms with Crippen molar-refractivity contribution in [1.29, 1.82) is 0 Å². The highest BCUT2D eigenvalue weighted by Crippen LogP contribution is 2.34. The van der Waals surface area contributed by atoms with Crippen LogP contribution in [0.25, 0.3) is 5.69 Å². The zero-order chi connectivity index (χ0) is 15.6. The first-order valence-electron chi connectivity index (χ1n) is 6.26. The number of aromatic nitrogens is 2. The lowest BCUT2D eigenvalue weighted by Gasteiger charge is -2.10. The molecule has 0 spiro atoms. The summed E-state index contributed by atoms with van der Waals surface area (Å²) in [7, 11) is 5.23. The van der Waals surface area contributed by atoms with Gasteiger partial charge in [0.15, 0.2) is 11.6 Å². The zero-order valence-corrected chi connectivity index (χ0v) is 11.9. The van der Waals surface area contributed by atoms with Crippen LogP contribution in [-0.4, -0.2) is 47.1 Å². The molecule has 2 aromatic rings. The molecular formula is C13H17N5O3. The third kappa shape index (κ3) is 2.42. The fourth-order valence-corrected chi connectivity index (χ4v) is 2.07. The van der Waals surface area contributed by atoms with Gasteiger partial charge < -0.3 is 26.2 Å². The lowest BCUT2D eigenvalue weighted by atomic mass is 10.2. The minimum Gasteiger partial charge on any atom is -0.506 e. The van der Waals surface area contributed by atoms with E-state index in [4.69, 9.17) is 5.11 Å². The fraction of sp³-hybridized carbons (Fsp3) is 0.231. The van der Waals surface area contributed by atoms with Crippen LogP contribution < -0.4 is 16.0 Å². The number of nitrogens with one attached hydrogen (secondary N) is 3. The molecule has 0 aliphatic carbocycles. The third-order valence-corrected chi connectivity index (χ3v) is 3.06. The number of aromatic hydroxyl groups is 1. The van der Waals surface area contributed by atoms with Gasteiger partial charge in [0.05, 0.1) is 5.56 Å². The van der Waals surface area contributed by atoms with Gasteiger partial charge in [-0.2, -0.15) is 0 Å². The van der Waals surface area contributed by atoms with Crippen LogP contribution in [-0.2, 0) is 0 Å². The molecule has 0 atom stereocenters. The molecule has 1 heterocycles. The average molecular weight is 291 g/mol. The predicted octanol–water partition coefficient (Wildman–Crippen LogP) is 1.40. The summed E-state index contributed by atoms with van der Waals surface area (Å²) in [6.45, 7) is 0. The first kappa shape index (κ1) is 14.5. The molecule has 8 nitrogen and oxygen atoms in total. The topological polar surface area (TPSA) is 111 Å². The number of phenolic OH excluding ortho intramolecular Hbond substituents is 1. The molecule has 0 saturated heterocycles. The molecule has 5 N–H and O–H groups in total. The molecule has 1 aromatic heterocycles. The molecule has 2 rings (SSSR count). The van der Waals surface area contributed by atoms with Crippen LogP contribution in [0.2, 0.25) is 0 Å². The van der Waals surface area contributed by atoms with Crippen molar-refractivity contribution >= 4 is 23.3 Å². The van der Waals surface area contributed by atoms with Gasteiger partial charge in [0, 0.05) is 21.1 Å². The molecule has 112 valence electrons. The first-order chi connectivity index (χ1) is 10.0. The molecule has 8 heteroatoms. The summed E-state index contributed by atoms with van der Waals surface area (Å²) in [6.07, 6.45) is 0. The van der Waals surface area contributed by atoms with Gasteiger partial charge in [0.25, 0.3) is 0 Å². The van der Waals surface area contributed by atoms with E-state index in [2.05, 4.69) is 21.0 Å². The van der Waals surface area contributed by atoms with Gasteiger partial charge in [0.1, 0.15) is 17.1 Å². The number of anilines is 3. The second-order valence-corrected chi connectivity index (χ2v) is 4.24. The van der Waals surface area contributed by atoms with Gasteiger partial charge in [-0.15, -0.1) is 5.10 Å². The Kier molecular flexibility index (Phi) is 3.88. The van der Waals surface area contributed by atoms with Crippen molar-refractivity contribution in [3.8, 4) is 11.4 Å². The van der Waals surface area contributed by atoms with Crippen LogP contribution >= 0.6 is 0 Å². The Morgan fingerprint density at radius 1 is 1.19 bits per heavy atom. The van der Waals surface area contributed by atoms with E-state index in [0.29, 0.717) is 17.3 Å². The Morgan fingerprint density at radius 3 is 2.38 bits per heavy atom. The predicted molar refractivity (Wildman–Crippen MR) is 80.8 cm³/mol. The Morgan fingerprint density at radius 2 is 1.90 bits per heavy atom. The zero-order valence-electron chi connectivity index (χ0n) is 11.9. The maximum atomic E-state index is 10.9. The van der Waals surface area contributed by atoms with Crippen LogP contribution in [0.5, 0.6) is 5.75 Å². The molecule has 0 unspecified atom stereocenters. The maximum Gasteiger partial charge on any atom is 0.335 e. The summed E-state index contributed by atoms with van der Waals surface area (Å²) >= 11 is 0. The standard InChI is InChI=1S/C13H17N5O3/c1-14-10-11(15-2)17-18(12(10)16-3)8-5-4-7(13(20)21)6-9(8)19/h4-6,14,16,19H,1-3H3,(H,15,17)(H,20,21). The fourth-order valence-electron chi connectivity index (χ4n) is 2.07. The molecule has 0 bridgehead atoms. The summed E-state index contributed by atoms with van der Waals surface area (Å²) in [5.41, 5.74) is 1.13. The largest absolute Gasteiger partial charge is 0.506 e. The van der Waals surface area contributed by atoms with E-state index < -0.39 is 5.97 Å². The van der Waals surface area contributed by atoms with Gasteiger partial charge in [-0.05, 0) is 18.2 Å². The number of aromatic carboxylic acids is 1. The number of nitrogens with zero attached hydrogens (tertiary/aromatic N) is 2. The van der Waals surface area contributed by atoms with Crippen LogP contribution in [0, 0.1) is 0 Å². The Bertz CT molecular complexity index is 681. The van der Waals surface area contributed by atoms with Crippen LogP contribution in [0.1, 0.15) is 10.4 Å². The third-order valence-electron chi connectivity index (χ3n) is 3.06. The lowest BCUT2D eigenvalue weighted by Crippen LogP contribution is -2.05. The van der Waals surface area contributed by atoms with E-state index in [1.165, 1.54) is 22.9 Å². The summed E-state index contributed by atoms with van der Waals surface area (Å²) in [4.78, 5) is 10.9. The molecule has 0 aliphatic rings. The van der Waals surface area contributed by atoms with Crippen LogP contribution in [0.4, 0.5) is 17.3 Å². The number of hydrogen-bond acceptors (Lipinski definition) is 6. The minimum absolute atomic E-state index is 0.0112. The number of hydrogen-bond donors (Lipinski definition) is 5. The number of phenols is 1. The summed E-state index contributed by atoms with van der Waals surface area (Å²) in [5.74, 6) is -0.0269. The van der Waals surface area contributed by atoms with Crippen molar-refractivity contribution in [2.75, 3.05) is 37.1 Å². The highest BCUT2D eigenvalue weighted by Gasteiger charge is 2.19. The summed E-state index contributed by atoms with van der Waals surface area (Å²) in [6, 6.07) is 4.11. The highest BCUT2D eigenvalue weighted by molar-refractivity contribution is 5.89. The maximum absolute atomic E-state index is 10.9. The van der Waals surface area contributed by atoms with Crippen LogP contribution in [0.15, 0.2) is 18.2 Å². The molecular weight excluding hydrogens is 274 g/mol. The second-order valence-electron chi connectivity index (χ2n) is 4.24. The molecule has 0 saturated carbocycles. The van der Waals surface area contributed by atoms with Crippen molar-refractivity contribution < 1.29 is 15.0 Å². The van der Waals surface area contributed by atoms with Crippen LogP contribution in [0.3, 0.4) is 0 Å². The van der Waals surface area contributed by atoms with E-state index in [0.717, 1.165) is 5.69 Å². The number of carboxylic acid groups (broad SMARTS) is 1. The summed E-state index contributed by atoms with van der Waals surface area (Å²) < 4.78 is 1.50. The Hall–Kier alpha value is -2.90. The first-order valence-corrected chi connectivity index (χ1v) is 6.26. The van der Waals surface area contributed by atoms with Crippen molar-refractivity contribution in [3.63, 3.8) is 0 Å². The normalized spacial score (nSPS) is 10.2. The smallest absolute Gasteiger partial charge is 0.335 e. The van der Waals surface area contributed by atoms with E-state index in [9.17, 15) is 9.90 Å². The monoisotopic (exact) mass is 291 g/mol. The quantitative estimate of drug-likeness (QED) is 0.566. The number of benzene rings is 1. The molecule has 0 amide bonds. The Labute approximate surface area is 121 Å². The van der Waals surface area contributed by atoms with Gasteiger partial charge >= 0.3 is 5.97 Å². The summed E-state index contributed by atoms with van der Waals surface area (Å²) in [5, 5.41) is 32.3. The lowest BCUT2D eigenvalue weighted by molar-refractivity contribution is 0.0696. The molecule has 21 heavy (non-hydrogen) atoms. The van der Waals surface area contributed by atoms with Crippen molar-refractivity contribution in [3.05, 3.63) is 23.8 Å². The van der Waals surface area contributed by atoms with Gasteiger partial charge in [-0.1, -0.05) is 0 Å².